The van der Waals surface area contributed by atoms with Gasteiger partial charge >= 0.3 is 5.97 Å². The van der Waals surface area contributed by atoms with E-state index in [9.17, 15) is 4.79 Å². The van der Waals surface area contributed by atoms with Crippen LogP contribution < -0.4 is 0 Å². The monoisotopic (exact) mass is 241 g/mol. The summed E-state index contributed by atoms with van der Waals surface area (Å²) < 4.78 is 5.34. The van der Waals surface area contributed by atoms with Gasteiger partial charge in [-0.3, -0.25) is 4.99 Å². The highest BCUT2D eigenvalue weighted by Crippen LogP contribution is 2.13. The summed E-state index contributed by atoms with van der Waals surface area (Å²) in [5, 5.41) is 8.99. The fourth-order valence-corrected chi connectivity index (χ4v) is 1.48. The molecule has 1 aliphatic rings. The number of hydrogen-bond acceptors (Lipinski definition) is 3. The maximum Gasteiger partial charge on any atom is 0.336 e. The number of halogens is 1. The van der Waals surface area contributed by atoms with E-state index in [2.05, 4.69) is 4.99 Å². The molecule has 1 aromatic rings. The molecule has 0 unspecified atom stereocenters. The summed E-state index contributed by atoms with van der Waals surface area (Å²) in [6.07, 6.45) is 0.888. The van der Waals surface area contributed by atoms with E-state index in [1.807, 2.05) is 0 Å². The smallest absolute Gasteiger partial charge is 0.336 e. The van der Waals surface area contributed by atoms with Crippen molar-refractivity contribution in [3.05, 3.63) is 35.4 Å². The lowest BCUT2D eigenvalue weighted by atomic mass is 10.1. The largest absolute Gasteiger partial charge is 0.478 e. The normalized spacial score (nSPS) is 14.4. The minimum absolute atomic E-state index is 0. The second kappa shape index (κ2) is 5.51. The van der Waals surface area contributed by atoms with Gasteiger partial charge in [0.1, 0.15) is 0 Å². The summed E-state index contributed by atoms with van der Waals surface area (Å²) in [6.45, 7) is 1.30. The number of aromatic carboxylic acids is 1. The van der Waals surface area contributed by atoms with Crippen molar-refractivity contribution in [3.63, 3.8) is 0 Å². The lowest BCUT2D eigenvalue weighted by molar-refractivity contribution is 0.0696. The van der Waals surface area contributed by atoms with E-state index in [-0.39, 0.29) is 18.0 Å². The molecule has 1 aliphatic heterocycles. The first-order valence-corrected chi connectivity index (χ1v) is 4.79. The van der Waals surface area contributed by atoms with Crippen LogP contribution in [0.1, 0.15) is 22.3 Å². The number of carboxylic acids is 1. The first-order chi connectivity index (χ1) is 7.29. The maximum atomic E-state index is 11.0. The average molecular weight is 242 g/mol. The quantitative estimate of drug-likeness (QED) is 0.861. The number of benzene rings is 1. The maximum absolute atomic E-state index is 11.0. The fraction of sp³-hybridized carbons (Fsp3) is 0.273. The molecule has 0 aliphatic carbocycles. The van der Waals surface area contributed by atoms with E-state index in [0.29, 0.717) is 24.6 Å². The second-order valence-corrected chi connectivity index (χ2v) is 3.24. The van der Waals surface area contributed by atoms with Crippen molar-refractivity contribution in [1.29, 1.82) is 0 Å². The lowest BCUT2D eigenvalue weighted by Gasteiger charge is -2.15. The molecule has 1 heterocycles. The Morgan fingerprint density at radius 1 is 1.38 bits per heavy atom. The summed E-state index contributed by atoms with van der Waals surface area (Å²) in [5.41, 5.74) is 0.794. The molecule has 1 aromatic carbocycles. The molecule has 0 amide bonds. The summed E-state index contributed by atoms with van der Waals surface area (Å²) in [5.74, 6) is -0.512. The Balaban J connectivity index is 0.00000128. The Hall–Kier alpha value is -1.55. The molecule has 0 spiro atoms. The molecule has 0 bridgehead atoms. The highest BCUT2D eigenvalue weighted by atomic mass is 35.5. The number of carboxylic acid groups (broad SMARTS) is 1. The number of nitrogens with zero attached hydrogens (tertiary/aromatic N) is 1. The molecule has 16 heavy (non-hydrogen) atoms. The zero-order valence-electron chi connectivity index (χ0n) is 8.55. The predicted molar refractivity (Wildman–Crippen MR) is 62.6 cm³/mol. The van der Waals surface area contributed by atoms with Gasteiger partial charge in [-0.2, -0.15) is 0 Å². The van der Waals surface area contributed by atoms with Crippen LogP contribution in [0.15, 0.2) is 29.3 Å². The molecule has 2 rings (SSSR count). The SMILES string of the molecule is Cl.O=C(O)c1ccccc1C1=NCCCO1. The first-order valence-electron chi connectivity index (χ1n) is 4.79. The topological polar surface area (TPSA) is 58.9 Å². The molecule has 5 heteroatoms. The van der Waals surface area contributed by atoms with E-state index >= 15 is 0 Å². The molecule has 0 saturated heterocycles. The van der Waals surface area contributed by atoms with Crippen molar-refractivity contribution in [3.8, 4) is 0 Å². The van der Waals surface area contributed by atoms with Gasteiger partial charge in [0.25, 0.3) is 0 Å². The van der Waals surface area contributed by atoms with Crippen LogP contribution in [-0.2, 0) is 4.74 Å². The predicted octanol–water partition coefficient (Wildman–Crippen LogP) is 1.97. The van der Waals surface area contributed by atoms with Gasteiger partial charge in [0, 0.05) is 13.0 Å². The summed E-state index contributed by atoms with van der Waals surface area (Å²) in [6, 6.07) is 6.74. The van der Waals surface area contributed by atoms with Gasteiger partial charge < -0.3 is 9.84 Å². The third-order valence-corrected chi connectivity index (χ3v) is 2.18. The number of ether oxygens (including phenoxy) is 1. The van der Waals surface area contributed by atoms with Crippen LogP contribution in [0.3, 0.4) is 0 Å². The van der Waals surface area contributed by atoms with Crippen molar-refractivity contribution in [2.24, 2.45) is 4.99 Å². The number of carbonyl (C=O) groups is 1. The minimum Gasteiger partial charge on any atom is -0.478 e. The number of rotatable bonds is 2. The first kappa shape index (κ1) is 12.5. The molecule has 0 atom stereocenters. The van der Waals surface area contributed by atoms with E-state index < -0.39 is 5.97 Å². The van der Waals surface area contributed by atoms with Crippen molar-refractivity contribution >= 4 is 24.3 Å². The highest BCUT2D eigenvalue weighted by Gasteiger charge is 2.16. The van der Waals surface area contributed by atoms with Crippen LogP contribution in [0, 0.1) is 0 Å². The van der Waals surface area contributed by atoms with Gasteiger partial charge in [0.2, 0.25) is 5.90 Å². The third-order valence-electron chi connectivity index (χ3n) is 2.18. The van der Waals surface area contributed by atoms with Crippen LogP contribution in [0.4, 0.5) is 0 Å². The number of aliphatic imine (C=N–C) groups is 1. The molecule has 0 saturated carbocycles. The fourth-order valence-electron chi connectivity index (χ4n) is 1.48. The zero-order chi connectivity index (χ0) is 10.7. The van der Waals surface area contributed by atoms with Crippen molar-refractivity contribution in [1.82, 2.24) is 0 Å². The minimum atomic E-state index is -0.956. The van der Waals surface area contributed by atoms with Gasteiger partial charge in [0.15, 0.2) is 0 Å². The number of hydrogen-bond donors (Lipinski definition) is 1. The second-order valence-electron chi connectivity index (χ2n) is 3.24. The Bertz CT molecular complexity index is 417. The van der Waals surface area contributed by atoms with E-state index in [4.69, 9.17) is 9.84 Å². The molecule has 1 N–H and O–H groups in total. The molecular formula is C11H12ClNO3. The van der Waals surface area contributed by atoms with Crippen molar-refractivity contribution in [2.45, 2.75) is 6.42 Å². The van der Waals surface area contributed by atoms with Crippen LogP contribution >= 0.6 is 12.4 Å². The third kappa shape index (κ3) is 2.52. The Kier molecular flexibility index (Phi) is 4.31. The summed E-state index contributed by atoms with van der Waals surface area (Å²) in [4.78, 5) is 15.1. The molecule has 0 fully saturated rings. The molecule has 86 valence electrons. The van der Waals surface area contributed by atoms with Gasteiger partial charge in [-0.15, -0.1) is 12.4 Å². The van der Waals surface area contributed by atoms with Crippen LogP contribution in [-0.4, -0.2) is 30.1 Å². The van der Waals surface area contributed by atoms with Crippen LogP contribution in [0.25, 0.3) is 0 Å². The summed E-state index contributed by atoms with van der Waals surface area (Å²) >= 11 is 0. The van der Waals surface area contributed by atoms with Crippen LogP contribution in [0.5, 0.6) is 0 Å². The van der Waals surface area contributed by atoms with Crippen molar-refractivity contribution < 1.29 is 14.6 Å². The van der Waals surface area contributed by atoms with Gasteiger partial charge in [0.05, 0.1) is 17.7 Å². The molecule has 4 nitrogen and oxygen atoms in total. The van der Waals surface area contributed by atoms with Gasteiger partial charge in [-0.1, -0.05) is 12.1 Å². The van der Waals surface area contributed by atoms with Gasteiger partial charge in [-0.25, -0.2) is 4.79 Å². The van der Waals surface area contributed by atoms with Gasteiger partial charge in [-0.05, 0) is 12.1 Å². The summed E-state index contributed by atoms with van der Waals surface area (Å²) in [7, 11) is 0. The Morgan fingerprint density at radius 3 is 2.75 bits per heavy atom. The average Bonchev–Trinajstić information content (AvgIpc) is 2.30. The van der Waals surface area contributed by atoms with E-state index in [1.54, 1.807) is 24.3 Å². The van der Waals surface area contributed by atoms with Crippen LogP contribution in [0.2, 0.25) is 0 Å². The molecule has 0 radical (unpaired) electrons. The molecule has 0 aromatic heterocycles. The lowest BCUT2D eigenvalue weighted by Crippen LogP contribution is -2.17. The zero-order valence-corrected chi connectivity index (χ0v) is 9.37. The Labute approximate surface area is 99.4 Å². The molecular weight excluding hydrogens is 230 g/mol. The van der Waals surface area contributed by atoms with E-state index in [1.165, 1.54) is 0 Å². The highest BCUT2D eigenvalue weighted by molar-refractivity contribution is 6.04. The standard InChI is InChI=1S/C11H11NO3.ClH/c13-11(14)9-5-2-1-4-8(9)10-12-6-3-7-15-10;/h1-2,4-5H,3,6-7H2,(H,13,14);1H. The Morgan fingerprint density at radius 2 is 2.12 bits per heavy atom. The van der Waals surface area contributed by atoms with E-state index in [0.717, 1.165) is 6.42 Å². The van der Waals surface area contributed by atoms with Crippen molar-refractivity contribution in [2.75, 3.05) is 13.2 Å².